The van der Waals surface area contributed by atoms with Crippen LogP contribution < -0.4 is 10.6 Å². The van der Waals surface area contributed by atoms with Crippen molar-refractivity contribution < 1.29 is 9.59 Å². The Morgan fingerprint density at radius 3 is 2.35 bits per heavy atom. The van der Waals surface area contributed by atoms with Crippen molar-refractivity contribution in [2.45, 2.75) is 40.3 Å². The van der Waals surface area contributed by atoms with Gasteiger partial charge in [-0.1, -0.05) is 17.7 Å². The van der Waals surface area contributed by atoms with Crippen LogP contribution in [-0.4, -0.2) is 27.9 Å². The molecule has 0 radical (unpaired) electrons. The van der Waals surface area contributed by atoms with Gasteiger partial charge in [0.05, 0.1) is 6.54 Å². The lowest BCUT2D eigenvalue weighted by Gasteiger charge is -2.26. The van der Waals surface area contributed by atoms with Crippen molar-refractivity contribution in [3.63, 3.8) is 0 Å². The SMILES string of the molecule is Cc1ccc(NC(=O)c2csc(CN(C(=O)Nc3ccc(Cl)cc3)C(C)C)n2)cc1C. The number of nitrogens with one attached hydrogen (secondary N) is 2. The number of rotatable bonds is 6. The first-order valence-corrected chi connectivity index (χ1v) is 11.1. The molecule has 1 aromatic heterocycles. The summed E-state index contributed by atoms with van der Waals surface area (Å²) in [6.45, 7) is 8.20. The van der Waals surface area contributed by atoms with E-state index in [9.17, 15) is 9.59 Å². The van der Waals surface area contributed by atoms with Crippen LogP contribution in [0.4, 0.5) is 16.2 Å². The molecule has 2 aromatic carbocycles. The highest BCUT2D eigenvalue weighted by molar-refractivity contribution is 7.09. The second-order valence-corrected chi connectivity index (χ2v) is 8.92. The quantitative estimate of drug-likeness (QED) is 0.470. The van der Waals surface area contributed by atoms with Crippen molar-refractivity contribution in [2.24, 2.45) is 0 Å². The number of halogens is 1. The number of thiazole rings is 1. The maximum absolute atomic E-state index is 12.8. The second-order valence-electron chi connectivity index (χ2n) is 7.54. The highest BCUT2D eigenvalue weighted by atomic mass is 35.5. The summed E-state index contributed by atoms with van der Waals surface area (Å²) in [7, 11) is 0. The number of hydrogen-bond donors (Lipinski definition) is 2. The van der Waals surface area contributed by atoms with E-state index in [4.69, 9.17) is 11.6 Å². The highest BCUT2D eigenvalue weighted by Gasteiger charge is 2.20. The monoisotopic (exact) mass is 456 g/mol. The molecule has 0 saturated heterocycles. The van der Waals surface area contributed by atoms with E-state index in [1.54, 1.807) is 34.5 Å². The van der Waals surface area contributed by atoms with Crippen LogP contribution in [0, 0.1) is 13.8 Å². The first-order chi connectivity index (χ1) is 14.7. The van der Waals surface area contributed by atoms with Gasteiger partial charge in [0.2, 0.25) is 0 Å². The minimum Gasteiger partial charge on any atom is -0.321 e. The molecule has 0 atom stereocenters. The average Bonchev–Trinajstić information content (AvgIpc) is 3.19. The lowest BCUT2D eigenvalue weighted by atomic mass is 10.1. The summed E-state index contributed by atoms with van der Waals surface area (Å²) in [5.74, 6) is -0.271. The summed E-state index contributed by atoms with van der Waals surface area (Å²) < 4.78 is 0. The van der Waals surface area contributed by atoms with Gasteiger partial charge < -0.3 is 15.5 Å². The Hall–Kier alpha value is -2.90. The first kappa shape index (κ1) is 22.8. The Morgan fingerprint density at radius 2 is 1.71 bits per heavy atom. The fourth-order valence-corrected chi connectivity index (χ4v) is 3.76. The Bertz CT molecular complexity index is 1080. The summed E-state index contributed by atoms with van der Waals surface area (Å²) >= 11 is 7.25. The summed E-state index contributed by atoms with van der Waals surface area (Å²) in [6.07, 6.45) is 0. The maximum atomic E-state index is 12.8. The normalized spacial score (nSPS) is 10.8. The number of amides is 3. The number of hydrogen-bond acceptors (Lipinski definition) is 4. The van der Waals surface area contributed by atoms with Gasteiger partial charge in [-0.3, -0.25) is 4.79 Å². The van der Waals surface area contributed by atoms with Gasteiger partial charge in [-0.15, -0.1) is 11.3 Å². The number of carbonyl (C=O) groups is 2. The van der Waals surface area contributed by atoms with Gasteiger partial charge in [-0.2, -0.15) is 0 Å². The van der Waals surface area contributed by atoms with Crippen molar-refractivity contribution in [2.75, 3.05) is 10.6 Å². The van der Waals surface area contributed by atoms with Crippen LogP contribution in [0.5, 0.6) is 0 Å². The summed E-state index contributed by atoms with van der Waals surface area (Å²) in [4.78, 5) is 31.4. The Kier molecular flexibility index (Phi) is 7.30. The number of nitrogens with zero attached hydrogens (tertiary/aromatic N) is 2. The molecule has 2 N–H and O–H groups in total. The molecule has 31 heavy (non-hydrogen) atoms. The van der Waals surface area contributed by atoms with Gasteiger partial charge in [0.15, 0.2) is 0 Å². The number of benzene rings is 2. The molecular weight excluding hydrogens is 432 g/mol. The van der Waals surface area contributed by atoms with Crippen molar-refractivity contribution in [3.8, 4) is 0 Å². The van der Waals surface area contributed by atoms with Crippen LogP contribution in [0.15, 0.2) is 47.8 Å². The topological polar surface area (TPSA) is 74.3 Å². The third kappa shape index (κ3) is 6.06. The van der Waals surface area contributed by atoms with E-state index in [0.29, 0.717) is 28.0 Å². The zero-order chi connectivity index (χ0) is 22.5. The van der Waals surface area contributed by atoms with E-state index in [2.05, 4.69) is 15.6 Å². The molecule has 1 heterocycles. The second kappa shape index (κ2) is 9.94. The number of aromatic nitrogens is 1. The van der Waals surface area contributed by atoms with E-state index in [1.807, 2.05) is 45.9 Å². The molecule has 0 aliphatic rings. The van der Waals surface area contributed by atoms with Crippen LogP contribution >= 0.6 is 22.9 Å². The lowest BCUT2D eigenvalue weighted by molar-refractivity contribution is 0.102. The molecule has 3 rings (SSSR count). The Labute approximate surface area is 191 Å². The molecular formula is C23H25ClN4O2S. The number of carbonyl (C=O) groups excluding carboxylic acids is 2. The largest absolute Gasteiger partial charge is 0.322 e. The zero-order valence-electron chi connectivity index (χ0n) is 17.9. The highest BCUT2D eigenvalue weighted by Crippen LogP contribution is 2.19. The van der Waals surface area contributed by atoms with E-state index in [1.165, 1.54) is 16.9 Å². The molecule has 162 valence electrons. The third-order valence-corrected chi connectivity index (χ3v) is 5.92. The molecule has 0 unspecified atom stereocenters. The Balaban J connectivity index is 1.66. The molecule has 0 aliphatic heterocycles. The van der Waals surface area contributed by atoms with Crippen LogP contribution in [0.2, 0.25) is 5.02 Å². The minimum absolute atomic E-state index is 0.0518. The zero-order valence-corrected chi connectivity index (χ0v) is 19.5. The van der Waals surface area contributed by atoms with E-state index in [0.717, 1.165) is 11.3 Å². The van der Waals surface area contributed by atoms with E-state index >= 15 is 0 Å². The van der Waals surface area contributed by atoms with Crippen molar-refractivity contribution in [1.82, 2.24) is 9.88 Å². The summed E-state index contributed by atoms with van der Waals surface area (Å²) in [5, 5.41) is 8.75. The lowest BCUT2D eigenvalue weighted by Crippen LogP contribution is -2.39. The average molecular weight is 457 g/mol. The fraction of sp³-hybridized carbons (Fsp3) is 0.261. The van der Waals surface area contributed by atoms with Crippen LogP contribution in [0.25, 0.3) is 0 Å². The minimum atomic E-state index is -0.271. The van der Waals surface area contributed by atoms with Gasteiger partial charge >= 0.3 is 6.03 Å². The molecule has 0 aliphatic carbocycles. The predicted octanol–water partition coefficient (Wildman–Crippen LogP) is 6.11. The number of anilines is 2. The van der Waals surface area contributed by atoms with Gasteiger partial charge in [0, 0.05) is 27.8 Å². The van der Waals surface area contributed by atoms with Crippen molar-refractivity contribution in [3.05, 3.63) is 74.7 Å². The number of urea groups is 1. The van der Waals surface area contributed by atoms with Gasteiger partial charge in [-0.05, 0) is 75.2 Å². The van der Waals surface area contributed by atoms with E-state index < -0.39 is 0 Å². The summed E-state index contributed by atoms with van der Waals surface area (Å²) in [5.41, 5.74) is 4.00. The third-order valence-electron chi connectivity index (χ3n) is 4.83. The molecule has 8 heteroatoms. The van der Waals surface area contributed by atoms with Gasteiger partial charge in [0.25, 0.3) is 5.91 Å². The molecule has 0 spiro atoms. The van der Waals surface area contributed by atoms with Crippen LogP contribution in [-0.2, 0) is 6.54 Å². The van der Waals surface area contributed by atoms with Crippen LogP contribution in [0.3, 0.4) is 0 Å². The standard InChI is InChI=1S/C23H25ClN4O2S/c1-14(2)28(23(30)26-18-9-6-17(24)7-10-18)12-21-27-20(13-31-21)22(29)25-19-8-5-15(3)16(4)11-19/h5-11,13-14H,12H2,1-4H3,(H,25,29)(H,26,30). The van der Waals surface area contributed by atoms with Crippen molar-refractivity contribution in [1.29, 1.82) is 0 Å². The maximum Gasteiger partial charge on any atom is 0.322 e. The Morgan fingerprint density at radius 1 is 1.03 bits per heavy atom. The molecule has 6 nitrogen and oxygen atoms in total. The summed E-state index contributed by atoms with van der Waals surface area (Å²) in [6, 6.07) is 12.4. The van der Waals surface area contributed by atoms with Crippen molar-refractivity contribution >= 4 is 46.3 Å². The van der Waals surface area contributed by atoms with Gasteiger partial charge in [0.1, 0.15) is 10.7 Å². The fourth-order valence-electron chi connectivity index (χ4n) is 2.87. The van der Waals surface area contributed by atoms with Gasteiger partial charge in [-0.25, -0.2) is 9.78 Å². The molecule has 0 fully saturated rings. The number of aryl methyl sites for hydroxylation is 2. The molecule has 3 amide bonds. The first-order valence-electron chi connectivity index (χ1n) is 9.89. The predicted molar refractivity (Wildman–Crippen MR) is 127 cm³/mol. The molecule has 0 saturated carbocycles. The smallest absolute Gasteiger partial charge is 0.321 e. The molecule has 3 aromatic rings. The van der Waals surface area contributed by atoms with E-state index in [-0.39, 0.29) is 18.0 Å². The van der Waals surface area contributed by atoms with Crippen LogP contribution in [0.1, 0.15) is 40.5 Å². The molecule has 0 bridgehead atoms.